The largest absolute Gasteiger partial charge is 0.417 e. The van der Waals surface area contributed by atoms with Crippen molar-refractivity contribution in [2.24, 2.45) is 0 Å². The van der Waals surface area contributed by atoms with Crippen molar-refractivity contribution in [1.29, 1.82) is 0 Å². The molecule has 0 saturated carbocycles. The minimum Gasteiger partial charge on any atom is -0.294 e. The van der Waals surface area contributed by atoms with E-state index in [1.807, 2.05) is 0 Å². The number of rotatable bonds is 1. The van der Waals surface area contributed by atoms with Crippen LogP contribution in [0.5, 0.6) is 0 Å². The van der Waals surface area contributed by atoms with E-state index in [2.05, 4.69) is 0 Å². The van der Waals surface area contributed by atoms with Crippen LogP contribution in [0.25, 0.3) is 0 Å². The van der Waals surface area contributed by atoms with Crippen LogP contribution in [0.15, 0.2) is 12.1 Å². The zero-order valence-corrected chi connectivity index (χ0v) is 10.4. The molecule has 6 heteroatoms. The Morgan fingerprint density at radius 2 is 1.93 bits per heavy atom. The summed E-state index contributed by atoms with van der Waals surface area (Å²) in [5, 5.41) is -0.00655. The number of carbonyl (C=O) groups is 1. The molecule has 0 aliphatic carbocycles. The second-order valence-corrected chi connectivity index (χ2v) is 4.44. The average Bonchev–Trinajstić information content (AvgIpc) is 2.06. The topological polar surface area (TPSA) is 17.1 Å². The zero-order valence-electron chi connectivity index (χ0n) is 7.45. The Labute approximate surface area is 103 Å². The molecule has 0 aliphatic rings. The lowest BCUT2D eigenvalue weighted by Crippen LogP contribution is -2.12. The lowest BCUT2D eigenvalue weighted by molar-refractivity contribution is -0.137. The fourth-order valence-electron chi connectivity index (χ4n) is 1.07. The fourth-order valence-corrected chi connectivity index (χ4v) is 1.70. The first-order valence-electron chi connectivity index (χ1n) is 3.80. The first-order valence-corrected chi connectivity index (χ1v) is 5.26. The first-order chi connectivity index (χ1) is 6.73. The number of hydrogen-bond donors (Lipinski definition) is 0. The maximum Gasteiger partial charge on any atom is 0.417 e. The van der Waals surface area contributed by atoms with E-state index in [0.29, 0.717) is 3.57 Å². The Bertz CT molecular complexity index is 415. The standard InChI is InChI=1S/C9H5ClF3IO/c1-4(15)5-2-8(14)7(10)3-6(5)9(11,12)13/h2-3H,1H3. The van der Waals surface area contributed by atoms with E-state index in [-0.39, 0.29) is 10.6 Å². The van der Waals surface area contributed by atoms with Gasteiger partial charge in [-0.1, -0.05) is 11.6 Å². The minimum absolute atomic E-state index is 0.00655. The summed E-state index contributed by atoms with van der Waals surface area (Å²) in [7, 11) is 0. The molecule has 0 heterocycles. The normalized spacial score (nSPS) is 11.6. The highest BCUT2D eigenvalue weighted by Gasteiger charge is 2.35. The van der Waals surface area contributed by atoms with Gasteiger partial charge in [0.2, 0.25) is 0 Å². The molecule has 1 rings (SSSR count). The number of halogens is 5. The molecule has 0 amide bonds. The molecule has 0 aliphatic heterocycles. The molecule has 0 spiro atoms. The second kappa shape index (κ2) is 4.29. The van der Waals surface area contributed by atoms with Gasteiger partial charge < -0.3 is 0 Å². The molecular weight excluding hydrogens is 343 g/mol. The van der Waals surface area contributed by atoms with Crippen LogP contribution in [0.2, 0.25) is 5.02 Å². The number of ketones is 1. The molecule has 1 aromatic rings. The molecule has 0 N–H and O–H groups in total. The third kappa shape index (κ3) is 2.84. The lowest BCUT2D eigenvalue weighted by atomic mass is 10.0. The molecule has 0 fully saturated rings. The van der Waals surface area contributed by atoms with Gasteiger partial charge in [-0.3, -0.25) is 4.79 Å². The molecule has 0 unspecified atom stereocenters. The Morgan fingerprint density at radius 3 is 2.33 bits per heavy atom. The predicted octanol–water partition coefficient (Wildman–Crippen LogP) is 4.17. The van der Waals surface area contributed by atoms with Gasteiger partial charge in [-0.2, -0.15) is 13.2 Å². The zero-order chi connectivity index (χ0) is 11.8. The van der Waals surface area contributed by atoms with Crippen molar-refractivity contribution < 1.29 is 18.0 Å². The van der Waals surface area contributed by atoms with Gasteiger partial charge in [0.1, 0.15) is 0 Å². The molecule has 0 atom stereocenters. The van der Waals surface area contributed by atoms with Crippen molar-refractivity contribution in [3.63, 3.8) is 0 Å². The quantitative estimate of drug-likeness (QED) is 0.550. The molecule has 0 saturated heterocycles. The highest BCUT2D eigenvalue weighted by molar-refractivity contribution is 14.1. The van der Waals surface area contributed by atoms with Crippen LogP contribution < -0.4 is 0 Å². The number of Topliss-reactive ketones (excluding diaryl/α,β-unsaturated/α-hetero) is 1. The molecule has 1 aromatic carbocycles. The summed E-state index contributed by atoms with van der Waals surface area (Å²) in [6, 6.07) is 1.92. The average molecular weight is 348 g/mol. The summed E-state index contributed by atoms with van der Waals surface area (Å²) in [6.45, 7) is 1.09. The number of alkyl halides is 3. The third-order valence-corrected chi connectivity index (χ3v) is 3.27. The van der Waals surface area contributed by atoms with Gasteiger partial charge >= 0.3 is 6.18 Å². The summed E-state index contributed by atoms with van der Waals surface area (Å²) in [5.74, 6) is -0.628. The van der Waals surface area contributed by atoms with Crippen molar-refractivity contribution in [3.05, 3.63) is 31.9 Å². The summed E-state index contributed by atoms with van der Waals surface area (Å²) < 4.78 is 37.9. The van der Waals surface area contributed by atoms with Crippen molar-refractivity contribution in [1.82, 2.24) is 0 Å². The second-order valence-electron chi connectivity index (χ2n) is 2.87. The molecule has 0 radical (unpaired) electrons. The van der Waals surface area contributed by atoms with Gasteiger partial charge in [0.05, 0.1) is 10.6 Å². The van der Waals surface area contributed by atoms with Gasteiger partial charge in [-0.15, -0.1) is 0 Å². The van der Waals surface area contributed by atoms with E-state index in [4.69, 9.17) is 11.6 Å². The summed E-state index contributed by atoms with van der Waals surface area (Å²) in [6.07, 6.45) is -4.56. The Morgan fingerprint density at radius 1 is 1.40 bits per heavy atom. The minimum atomic E-state index is -4.56. The molecule has 15 heavy (non-hydrogen) atoms. The number of hydrogen-bond acceptors (Lipinski definition) is 1. The molecule has 1 nitrogen and oxygen atoms in total. The predicted molar refractivity (Wildman–Crippen MR) is 59.2 cm³/mol. The van der Waals surface area contributed by atoms with Crippen molar-refractivity contribution in [2.45, 2.75) is 13.1 Å². The maximum atomic E-state index is 12.5. The van der Waals surface area contributed by atoms with Gasteiger partial charge in [0, 0.05) is 9.13 Å². The summed E-state index contributed by atoms with van der Waals surface area (Å²) in [5.41, 5.74) is -1.34. The van der Waals surface area contributed by atoms with E-state index < -0.39 is 17.5 Å². The van der Waals surface area contributed by atoms with Crippen LogP contribution >= 0.6 is 34.2 Å². The molecule has 82 valence electrons. The van der Waals surface area contributed by atoms with Crippen LogP contribution in [0.3, 0.4) is 0 Å². The smallest absolute Gasteiger partial charge is 0.294 e. The SMILES string of the molecule is CC(=O)c1cc(I)c(Cl)cc1C(F)(F)F. The lowest BCUT2D eigenvalue weighted by Gasteiger charge is -2.12. The molecule has 0 aromatic heterocycles. The van der Waals surface area contributed by atoms with E-state index in [9.17, 15) is 18.0 Å². The van der Waals surface area contributed by atoms with Gasteiger partial charge in [-0.05, 0) is 41.6 Å². The van der Waals surface area contributed by atoms with Crippen LogP contribution in [0, 0.1) is 3.57 Å². The maximum absolute atomic E-state index is 12.5. The van der Waals surface area contributed by atoms with Crippen LogP contribution in [0.1, 0.15) is 22.8 Å². The van der Waals surface area contributed by atoms with Crippen LogP contribution in [-0.2, 0) is 6.18 Å². The Kier molecular flexibility index (Phi) is 3.65. The monoisotopic (exact) mass is 348 g/mol. The van der Waals surface area contributed by atoms with Crippen LogP contribution in [-0.4, -0.2) is 5.78 Å². The van der Waals surface area contributed by atoms with Crippen molar-refractivity contribution >= 4 is 40.0 Å². The molecular formula is C9H5ClF3IO. The first kappa shape index (κ1) is 12.8. The van der Waals surface area contributed by atoms with Crippen molar-refractivity contribution in [3.8, 4) is 0 Å². The van der Waals surface area contributed by atoms with Crippen LogP contribution in [0.4, 0.5) is 13.2 Å². The Balaban J connectivity index is 3.49. The van der Waals surface area contributed by atoms with Gasteiger partial charge in [0.15, 0.2) is 5.78 Å². The Hall–Kier alpha value is -0.300. The van der Waals surface area contributed by atoms with E-state index in [0.717, 1.165) is 19.1 Å². The fraction of sp³-hybridized carbons (Fsp3) is 0.222. The van der Waals surface area contributed by atoms with E-state index in [1.54, 1.807) is 22.6 Å². The van der Waals surface area contributed by atoms with Gasteiger partial charge in [0.25, 0.3) is 0 Å². The van der Waals surface area contributed by atoms with E-state index >= 15 is 0 Å². The highest BCUT2D eigenvalue weighted by atomic mass is 127. The van der Waals surface area contributed by atoms with Gasteiger partial charge in [-0.25, -0.2) is 0 Å². The third-order valence-electron chi connectivity index (χ3n) is 1.75. The van der Waals surface area contributed by atoms with Crippen molar-refractivity contribution in [2.75, 3.05) is 0 Å². The highest BCUT2D eigenvalue weighted by Crippen LogP contribution is 2.35. The number of carbonyl (C=O) groups excluding carboxylic acids is 1. The number of benzene rings is 1. The summed E-state index contributed by atoms with van der Waals surface area (Å²) >= 11 is 7.35. The van der Waals surface area contributed by atoms with E-state index in [1.165, 1.54) is 0 Å². The summed E-state index contributed by atoms with van der Waals surface area (Å²) in [4.78, 5) is 11.0. The molecule has 0 bridgehead atoms.